The highest BCUT2D eigenvalue weighted by Gasteiger charge is 2.14. The van der Waals surface area contributed by atoms with Crippen LogP contribution in [0.15, 0.2) is 6.20 Å². The van der Waals surface area contributed by atoms with Gasteiger partial charge in [0.2, 0.25) is 5.91 Å². The summed E-state index contributed by atoms with van der Waals surface area (Å²) in [6, 6.07) is -1.63. The van der Waals surface area contributed by atoms with E-state index in [1.165, 1.54) is 17.9 Å². The fraction of sp³-hybridized carbons (Fsp3) is 0.500. The number of carboxylic acids is 1. The van der Waals surface area contributed by atoms with Gasteiger partial charge in [0.25, 0.3) is 0 Å². The molecule has 0 radical (unpaired) electrons. The van der Waals surface area contributed by atoms with Gasteiger partial charge in [-0.2, -0.15) is 0 Å². The predicted octanol–water partition coefficient (Wildman–Crippen LogP) is -1.92. The van der Waals surface area contributed by atoms with Gasteiger partial charge in [0, 0.05) is 26.1 Å². The van der Waals surface area contributed by atoms with Gasteiger partial charge in [-0.05, 0) is 0 Å². The minimum atomic E-state index is -1.12. The van der Waals surface area contributed by atoms with Gasteiger partial charge in [-0.25, -0.2) is 4.79 Å². The van der Waals surface area contributed by atoms with Crippen molar-refractivity contribution < 1.29 is 19.5 Å². The Labute approximate surface area is 114 Å². The van der Waals surface area contributed by atoms with Crippen molar-refractivity contribution in [1.82, 2.24) is 25.6 Å². The Morgan fingerprint density at radius 3 is 2.80 bits per heavy atom. The lowest BCUT2D eigenvalue weighted by molar-refractivity contribution is -0.138. The van der Waals surface area contributed by atoms with Gasteiger partial charge in [0.15, 0.2) is 0 Å². The van der Waals surface area contributed by atoms with Crippen molar-refractivity contribution in [2.75, 3.05) is 7.05 Å². The maximum absolute atomic E-state index is 11.3. The zero-order chi connectivity index (χ0) is 15.1. The molecule has 1 unspecified atom stereocenters. The molecule has 10 nitrogen and oxygen atoms in total. The van der Waals surface area contributed by atoms with E-state index in [4.69, 9.17) is 10.8 Å². The number of carbonyl (C=O) groups excluding carboxylic acids is 2. The molecule has 1 rings (SSSR count). The Hall–Kier alpha value is -2.49. The summed E-state index contributed by atoms with van der Waals surface area (Å²) in [5.74, 6) is -1.58. The van der Waals surface area contributed by atoms with Crippen LogP contribution in [0.25, 0.3) is 0 Å². The lowest BCUT2D eigenvalue weighted by Gasteiger charge is -2.03. The Morgan fingerprint density at radius 1 is 1.50 bits per heavy atom. The number of amides is 3. The molecule has 1 aromatic heterocycles. The van der Waals surface area contributed by atoms with E-state index in [0.29, 0.717) is 5.69 Å². The molecular formula is C10H16N6O4. The van der Waals surface area contributed by atoms with Crippen molar-refractivity contribution in [1.29, 1.82) is 0 Å². The van der Waals surface area contributed by atoms with Crippen molar-refractivity contribution in [2.45, 2.75) is 25.4 Å². The first-order valence-electron chi connectivity index (χ1n) is 5.81. The molecule has 0 saturated carbocycles. The Balaban J connectivity index is 2.42. The molecule has 0 aliphatic heterocycles. The molecule has 3 amide bonds. The second-order valence-corrected chi connectivity index (χ2v) is 4.00. The fourth-order valence-electron chi connectivity index (χ4n) is 1.32. The number of nitrogens with one attached hydrogen (secondary N) is 2. The van der Waals surface area contributed by atoms with Crippen LogP contribution in [0.4, 0.5) is 4.79 Å². The number of aromatic nitrogens is 3. The van der Waals surface area contributed by atoms with Crippen LogP contribution in [-0.2, 0) is 22.6 Å². The average molecular weight is 284 g/mol. The van der Waals surface area contributed by atoms with E-state index in [1.54, 1.807) is 0 Å². The van der Waals surface area contributed by atoms with Crippen molar-refractivity contribution >= 4 is 17.9 Å². The minimum Gasteiger partial charge on any atom is -0.480 e. The summed E-state index contributed by atoms with van der Waals surface area (Å²) in [4.78, 5) is 32.8. The van der Waals surface area contributed by atoms with Crippen molar-refractivity contribution in [3.8, 4) is 0 Å². The molecule has 0 spiro atoms. The molecule has 1 heterocycles. The summed E-state index contributed by atoms with van der Waals surface area (Å²) < 4.78 is 1.38. The fourth-order valence-corrected chi connectivity index (χ4v) is 1.32. The number of carbonyl (C=O) groups is 3. The van der Waals surface area contributed by atoms with E-state index in [1.807, 2.05) is 0 Å². The van der Waals surface area contributed by atoms with Crippen LogP contribution in [-0.4, -0.2) is 51.1 Å². The molecule has 0 aliphatic rings. The smallest absolute Gasteiger partial charge is 0.321 e. The van der Waals surface area contributed by atoms with E-state index in [9.17, 15) is 14.4 Å². The lowest BCUT2D eigenvalue weighted by atomic mass is 10.2. The highest BCUT2D eigenvalue weighted by molar-refractivity contribution is 5.94. The first kappa shape index (κ1) is 15.6. The van der Waals surface area contributed by atoms with E-state index in [-0.39, 0.29) is 19.4 Å². The largest absolute Gasteiger partial charge is 0.480 e. The summed E-state index contributed by atoms with van der Waals surface area (Å²) in [5, 5.41) is 20.5. The third-order valence-corrected chi connectivity index (χ3v) is 2.38. The molecule has 1 aromatic rings. The topological polar surface area (TPSA) is 152 Å². The highest BCUT2D eigenvalue weighted by atomic mass is 16.4. The summed E-state index contributed by atoms with van der Waals surface area (Å²) >= 11 is 0. The van der Waals surface area contributed by atoms with Crippen molar-refractivity contribution in [3.63, 3.8) is 0 Å². The molecule has 0 fully saturated rings. The maximum atomic E-state index is 11.3. The van der Waals surface area contributed by atoms with Crippen LogP contribution >= 0.6 is 0 Å². The van der Waals surface area contributed by atoms with Crippen LogP contribution in [0.3, 0.4) is 0 Å². The molecular weight excluding hydrogens is 268 g/mol. The number of carboxylic acid groups (broad SMARTS) is 1. The normalized spacial score (nSPS) is 11.7. The van der Waals surface area contributed by atoms with Gasteiger partial charge in [0.1, 0.15) is 6.04 Å². The minimum absolute atomic E-state index is 0.0429. The quantitative estimate of drug-likeness (QED) is 0.475. The number of nitrogens with zero attached hydrogens (tertiary/aromatic N) is 3. The third-order valence-electron chi connectivity index (χ3n) is 2.38. The number of hydrogen-bond donors (Lipinski definition) is 4. The van der Waals surface area contributed by atoms with Gasteiger partial charge in [-0.15, -0.1) is 5.10 Å². The average Bonchev–Trinajstić information content (AvgIpc) is 2.83. The zero-order valence-corrected chi connectivity index (χ0v) is 10.9. The number of urea groups is 1. The predicted molar refractivity (Wildman–Crippen MR) is 66.6 cm³/mol. The van der Waals surface area contributed by atoms with Crippen molar-refractivity contribution in [3.05, 3.63) is 11.9 Å². The molecule has 1 atom stereocenters. The number of aliphatic carboxylic acids is 1. The molecule has 10 heteroatoms. The number of aryl methyl sites for hydroxylation is 1. The first-order valence-corrected chi connectivity index (χ1v) is 5.81. The standard InChI is InChI=1S/C10H16N6O4/c1-12-10(20)13-8(17)2-3-16-5-6(14-15-16)4-7(11)9(18)19/h5,7H,2-4,11H2,1H3,(H,18,19)(H2,12,13,17,20). The summed E-state index contributed by atoms with van der Waals surface area (Å²) in [6.45, 7) is 0.220. The molecule has 0 saturated heterocycles. The Morgan fingerprint density at radius 2 is 2.20 bits per heavy atom. The second kappa shape index (κ2) is 7.19. The van der Waals surface area contributed by atoms with Crippen LogP contribution in [0.5, 0.6) is 0 Å². The Bertz CT molecular complexity index is 500. The molecule has 20 heavy (non-hydrogen) atoms. The number of nitrogens with two attached hydrogens (primary N) is 1. The second-order valence-electron chi connectivity index (χ2n) is 4.00. The van der Waals surface area contributed by atoms with Crippen LogP contribution in [0.2, 0.25) is 0 Å². The zero-order valence-electron chi connectivity index (χ0n) is 10.9. The molecule has 5 N–H and O–H groups in total. The third kappa shape index (κ3) is 5.02. The van der Waals surface area contributed by atoms with Crippen LogP contribution in [0, 0.1) is 0 Å². The molecule has 110 valence electrons. The van der Waals surface area contributed by atoms with E-state index < -0.39 is 23.9 Å². The van der Waals surface area contributed by atoms with Gasteiger partial charge in [-0.1, -0.05) is 5.21 Å². The molecule has 0 aliphatic carbocycles. The van der Waals surface area contributed by atoms with E-state index in [0.717, 1.165) is 0 Å². The lowest BCUT2D eigenvalue weighted by Crippen LogP contribution is -2.37. The van der Waals surface area contributed by atoms with Gasteiger partial charge < -0.3 is 16.2 Å². The van der Waals surface area contributed by atoms with E-state index >= 15 is 0 Å². The monoisotopic (exact) mass is 284 g/mol. The molecule has 0 aromatic carbocycles. The maximum Gasteiger partial charge on any atom is 0.321 e. The summed E-state index contributed by atoms with van der Waals surface area (Å²) in [7, 11) is 1.40. The Kier molecular flexibility index (Phi) is 5.59. The van der Waals surface area contributed by atoms with Gasteiger partial charge in [0.05, 0.1) is 12.2 Å². The molecule has 0 bridgehead atoms. The number of rotatable bonds is 6. The SMILES string of the molecule is CNC(=O)NC(=O)CCn1cc(CC(N)C(=O)O)nn1. The van der Waals surface area contributed by atoms with Crippen LogP contribution < -0.4 is 16.4 Å². The van der Waals surface area contributed by atoms with Gasteiger partial charge >= 0.3 is 12.0 Å². The summed E-state index contributed by atoms with van der Waals surface area (Å²) in [6.07, 6.45) is 1.61. The van der Waals surface area contributed by atoms with Crippen LogP contribution in [0.1, 0.15) is 12.1 Å². The summed E-state index contributed by atoms with van der Waals surface area (Å²) in [5.41, 5.74) is 5.79. The van der Waals surface area contributed by atoms with Crippen molar-refractivity contribution in [2.24, 2.45) is 5.73 Å². The van der Waals surface area contributed by atoms with Gasteiger partial charge in [-0.3, -0.25) is 19.6 Å². The van der Waals surface area contributed by atoms with E-state index in [2.05, 4.69) is 20.9 Å². The number of imide groups is 1. The highest BCUT2D eigenvalue weighted by Crippen LogP contribution is 1.99. The number of hydrogen-bond acceptors (Lipinski definition) is 6. The first-order chi connectivity index (χ1) is 9.42.